The first-order chi connectivity index (χ1) is 4.58. The summed E-state index contributed by atoms with van der Waals surface area (Å²) < 4.78 is 2.42. The zero-order valence-electron chi connectivity index (χ0n) is 6.94. The fourth-order valence-corrected chi connectivity index (χ4v) is 5.92. The van der Waals surface area contributed by atoms with Crippen LogP contribution in [0.1, 0.15) is 27.2 Å². The van der Waals surface area contributed by atoms with Gasteiger partial charge in [-0.15, -0.1) is 0 Å². The van der Waals surface area contributed by atoms with Crippen molar-refractivity contribution in [3.8, 4) is 0 Å². The second kappa shape index (κ2) is 3.17. The molecule has 0 fully saturated rings. The molecule has 1 aliphatic rings. The van der Waals surface area contributed by atoms with Crippen molar-refractivity contribution in [1.29, 1.82) is 0 Å². The molecule has 1 heteroatoms. The third-order valence-electron chi connectivity index (χ3n) is 1.31. The predicted molar refractivity (Wildman–Crippen MR) is 41.6 cm³/mol. The topological polar surface area (TPSA) is 0 Å². The Hall–Kier alpha value is 0.350. The minimum absolute atomic E-state index is 0.460. The van der Waals surface area contributed by atoms with Gasteiger partial charge in [-0.25, -0.2) is 0 Å². The van der Waals surface area contributed by atoms with Crippen molar-refractivity contribution in [2.24, 2.45) is 0 Å². The van der Waals surface area contributed by atoms with Gasteiger partial charge in [0.2, 0.25) is 0 Å². The quantitative estimate of drug-likeness (QED) is 0.653. The molecular formula is C9H14Hf. The standard InChI is InChI=1S/C5H5.C4H9.Hf/c1-2-4-5-3-1;1-4(2)3;/h1-3H,4H2;1-3H3;. The van der Waals surface area contributed by atoms with Gasteiger partial charge in [0.1, 0.15) is 0 Å². The van der Waals surface area contributed by atoms with Gasteiger partial charge in [-0.3, -0.25) is 0 Å². The van der Waals surface area contributed by atoms with Gasteiger partial charge in [0.05, 0.1) is 0 Å². The molecule has 54 valence electrons. The van der Waals surface area contributed by atoms with Crippen molar-refractivity contribution >= 4 is 0 Å². The Morgan fingerprint density at radius 2 is 2.10 bits per heavy atom. The van der Waals surface area contributed by atoms with E-state index in [4.69, 9.17) is 0 Å². The van der Waals surface area contributed by atoms with E-state index in [1.165, 1.54) is 6.42 Å². The number of rotatable bonds is 1. The molecule has 0 unspecified atom stereocenters. The average Bonchev–Trinajstić information content (AvgIpc) is 2.12. The molecule has 1 rings (SSSR count). The first kappa shape index (κ1) is 8.45. The molecule has 0 radical (unpaired) electrons. The van der Waals surface area contributed by atoms with Gasteiger partial charge < -0.3 is 0 Å². The predicted octanol–water partition coefficient (Wildman–Crippen LogP) is 3.13. The van der Waals surface area contributed by atoms with Crippen LogP contribution in [0.2, 0.25) is 3.17 Å². The van der Waals surface area contributed by atoms with Crippen LogP contribution in [-0.2, 0) is 22.9 Å². The van der Waals surface area contributed by atoms with E-state index in [2.05, 4.69) is 39.0 Å². The summed E-state index contributed by atoms with van der Waals surface area (Å²) in [7, 11) is 0. The van der Waals surface area contributed by atoms with Gasteiger partial charge in [0.25, 0.3) is 0 Å². The molecule has 0 saturated carbocycles. The van der Waals surface area contributed by atoms with E-state index in [9.17, 15) is 0 Å². The number of allylic oxidation sites excluding steroid dienone is 4. The molecule has 1 aliphatic carbocycles. The van der Waals surface area contributed by atoms with Crippen molar-refractivity contribution in [2.75, 3.05) is 0 Å². The summed E-state index contributed by atoms with van der Waals surface area (Å²) in [4.78, 5) is 0. The summed E-state index contributed by atoms with van der Waals surface area (Å²) in [5, 5.41) is 0. The van der Waals surface area contributed by atoms with Gasteiger partial charge in [-0.1, -0.05) is 0 Å². The third kappa shape index (κ3) is 2.96. The molecule has 0 bridgehead atoms. The molecule has 0 atom stereocenters. The average molecular weight is 301 g/mol. The monoisotopic (exact) mass is 302 g/mol. The van der Waals surface area contributed by atoms with Crippen LogP contribution in [0.25, 0.3) is 0 Å². The van der Waals surface area contributed by atoms with Gasteiger partial charge in [0.15, 0.2) is 0 Å². The Morgan fingerprint density at radius 3 is 2.50 bits per heavy atom. The molecule has 0 heterocycles. The number of hydrogen-bond acceptors (Lipinski definition) is 0. The van der Waals surface area contributed by atoms with Crippen LogP contribution in [0, 0.1) is 0 Å². The molecule has 0 aromatic heterocycles. The molecule has 0 spiro atoms. The van der Waals surface area contributed by atoms with E-state index in [0.717, 1.165) is 0 Å². The summed E-state index contributed by atoms with van der Waals surface area (Å²) in [6, 6.07) is 0. The molecule has 0 saturated heterocycles. The van der Waals surface area contributed by atoms with Crippen molar-refractivity contribution in [2.45, 2.75) is 30.4 Å². The molecular weight excluding hydrogens is 287 g/mol. The van der Waals surface area contributed by atoms with Crippen LogP contribution in [0.4, 0.5) is 0 Å². The van der Waals surface area contributed by atoms with Crippen LogP contribution in [-0.4, -0.2) is 0 Å². The van der Waals surface area contributed by atoms with Gasteiger partial charge in [-0.05, 0) is 0 Å². The first-order valence-corrected chi connectivity index (χ1v) is 7.31. The second-order valence-corrected chi connectivity index (χ2v) is 12.3. The van der Waals surface area contributed by atoms with Crippen molar-refractivity contribution in [3.63, 3.8) is 0 Å². The normalized spacial score (nSPS) is 17.3. The fourth-order valence-electron chi connectivity index (χ4n) is 1.02. The van der Waals surface area contributed by atoms with Gasteiger partial charge in [-0.2, -0.15) is 0 Å². The fraction of sp³-hybridized carbons (Fsp3) is 0.556. The zero-order chi connectivity index (χ0) is 7.61. The molecule has 0 nitrogen and oxygen atoms in total. The summed E-state index contributed by atoms with van der Waals surface area (Å²) in [6.07, 6.45) is 8.07. The third-order valence-corrected chi connectivity index (χ3v) is 6.49. The van der Waals surface area contributed by atoms with E-state index in [1.54, 1.807) is 3.33 Å². The Kier molecular flexibility index (Phi) is 2.67. The second-order valence-electron chi connectivity index (χ2n) is 3.70. The van der Waals surface area contributed by atoms with Crippen LogP contribution in [0.3, 0.4) is 0 Å². The SMILES string of the molecule is C[C](C)(C)[Hf][C]1=CC=CC1. The Balaban J connectivity index is 2.41. The number of hydrogen-bond donors (Lipinski definition) is 0. The summed E-state index contributed by atoms with van der Waals surface area (Å²) in [5.41, 5.74) is 0. The van der Waals surface area contributed by atoms with Crippen LogP contribution >= 0.6 is 0 Å². The molecule has 0 aliphatic heterocycles. The van der Waals surface area contributed by atoms with E-state index in [-0.39, 0.29) is 0 Å². The van der Waals surface area contributed by atoms with Gasteiger partial charge in [0, 0.05) is 0 Å². The van der Waals surface area contributed by atoms with Crippen molar-refractivity contribution < 1.29 is 22.9 Å². The van der Waals surface area contributed by atoms with Crippen LogP contribution < -0.4 is 0 Å². The summed E-state index contributed by atoms with van der Waals surface area (Å²) in [6.45, 7) is 7.11. The Morgan fingerprint density at radius 1 is 1.40 bits per heavy atom. The van der Waals surface area contributed by atoms with E-state index < -0.39 is 22.9 Å². The summed E-state index contributed by atoms with van der Waals surface area (Å²) in [5.74, 6) is 0. The summed E-state index contributed by atoms with van der Waals surface area (Å²) >= 11 is -0.460. The first-order valence-electron chi connectivity index (χ1n) is 3.72. The van der Waals surface area contributed by atoms with Crippen LogP contribution in [0.5, 0.6) is 0 Å². The van der Waals surface area contributed by atoms with E-state index in [1.807, 2.05) is 0 Å². The maximum atomic E-state index is 2.37. The van der Waals surface area contributed by atoms with Crippen LogP contribution in [0.15, 0.2) is 21.6 Å². The molecule has 0 N–H and O–H groups in total. The van der Waals surface area contributed by atoms with Crippen molar-refractivity contribution in [1.82, 2.24) is 0 Å². The Labute approximate surface area is 74.8 Å². The molecule has 0 amide bonds. The van der Waals surface area contributed by atoms with Crippen molar-refractivity contribution in [3.05, 3.63) is 21.6 Å². The van der Waals surface area contributed by atoms with E-state index in [0.29, 0.717) is 3.17 Å². The molecule has 10 heavy (non-hydrogen) atoms. The molecule has 0 aromatic rings. The van der Waals surface area contributed by atoms with Gasteiger partial charge >= 0.3 is 74.8 Å². The minimum atomic E-state index is -0.460. The Bertz CT molecular complexity index is 170. The van der Waals surface area contributed by atoms with E-state index >= 15 is 0 Å². The molecule has 0 aromatic carbocycles. The maximum absolute atomic E-state index is 2.37. The zero-order valence-corrected chi connectivity index (χ0v) is 10.5.